The molecule has 3 N–H and O–H groups in total. The molecule has 1 aliphatic rings. The molecule has 0 bridgehead atoms. The van der Waals surface area contributed by atoms with Gasteiger partial charge in [0.15, 0.2) is 6.04 Å². The van der Waals surface area contributed by atoms with Crippen LogP contribution in [0, 0.1) is 20.8 Å². The summed E-state index contributed by atoms with van der Waals surface area (Å²) in [6.07, 6.45) is 1.96. The second-order valence-electron chi connectivity index (χ2n) is 5.84. The number of carbonyl (C=O) groups is 1. The molecule has 110 valence electrons. The maximum atomic E-state index is 12.5. The third kappa shape index (κ3) is 3.19. The van der Waals surface area contributed by atoms with Gasteiger partial charge in [0.1, 0.15) is 6.54 Å². The van der Waals surface area contributed by atoms with Crippen LogP contribution in [-0.4, -0.2) is 36.8 Å². The molecule has 0 saturated carbocycles. The van der Waals surface area contributed by atoms with Gasteiger partial charge in [-0.2, -0.15) is 0 Å². The van der Waals surface area contributed by atoms with Crippen LogP contribution in [0.1, 0.15) is 29.5 Å². The number of aliphatic hydroxyl groups is 1. The standard InChI is InChI=1S/C16H24N2O2/c1-11-9-12(2)15(13(3)10-11)17-16(20)14-5-4-6-18(14)7-8-19/h9-10,14,19H,4-8H2,1-3H3,(H,17,20)/p+1/t14-/m1/s1. The van der Waals surface area contributed by atoms with Crippen molar-refractivity contribution in [2.75, 3.05) is 25.0 Å². The number of nitrogens with one attached hydrogen (secondary N) is 2. The molecule has 4 heteroatoms. The number of aliphatic hydroxyl groups excluding tert-OH is 1. The highest BCUT2D eigenvalue weighted by Crippen LogP contribution is 2.22. The van der Waals surface area contributed by atoms with E-state index in [4.69, 9.17) is 5.11 Å². The Labute approximate surface area is 120 Å². The number of carbonyl (C=O) groups excluding carboxylic acids is 1. The molecule has 1 aliphatic heterocycles. The van der Waals surface area contributed by atoms with Crippen LogP contribution >= 0.6 is 0 Å². The molecule has 4 nitrogen and oxygen atoms in total. The second-order valence-corrected chi connectivity index (χ2v) is 5.84. The Kier molecular flexibility index (Phi) is 4.78. The minimum absolute atomic E-state index is 0.0257. The van der Waals surface area contributed by atoms with E-state index in [-0.39, 0.29) is 18.6 Å². The average molecular weight is 277 g/mol. The summed E-state index contributed by atoms with van der Waals surface area (Å²) in [5.74, 6) is 0.0843. The number of likely N-dealkylation sites (tertiary alicyclic amines) is 1. The lowest BCUT2D eigenvalue weighted by atomic mass is 10.0. The number of benzene rings is 1. The van der Waals surface area contributed by atoms with Crippen LogP contribution in [-0.2, 0) is 4.79 Å². The van der Waals surface area contributed by atoms with Gasteiger partial charge in [-0.3, -0.25) is 4.79 Å². The Morgan fingerprint density at radius 2 is 2.00 bits per heavy atom. The topological polar surface area (TPSA) is 53.8 Å². The normalized spacial score (nSPS) is 22.0. The van der Waals surface area contributed by atoms with Crippen LogP contribution in [0.5, 0.6) is 0 Å². The number of hydrogen-bond acceptors (Lipinski definition) is 2. The lowest BCUT2D eigenvalue weighted by Gasteiger charge is -2.21. The minimum atomic E-state index is -0.0257. The van der Waals surface area contributed by atoms with Crippen molar-refractivity contribution in [1.29, 1.82) is 0 Å². The summed E-state index contributed by atoms with van der Waals surface area (Å²) in [6, 6.07) is 4.16. The van der Waals surface area contributed by atoms with Crippen molar-refractivity contribution in [2.24, 2.45) is 0 Å². The SMILES string of the molecule is Cc1cc(C)c(NC(=O)[C@H]2CCC[NH+]2CCO)c(C)c1. The van der Waals surface area contributed by atoms with Crippen molar-refractivity contribution >= 4 is 11.6 Å². The van der Waals surface area contributed by atoms with Gasteiger partial charge in [0, 0.05) is 18.5 Å². The van der Waals surface area contributed by atoms with Crippen molar-refractivity contribution in [3.05, 3.63) is 28.8 Å². The Morgan fingerprint density at radius 1 is 1.35 bits per heavy atom. The second kappa shape index (κ2) is 6.37. The summed E-state index contributed by atoms with van der Waals surface area (Å²) in [6.45, 7) is 7.90. The number of rotatable bonds is 4. The lowest BCUT2D eigenvalue weighted by molar-refractivity contribution is -0.903. The largest absolute Gasteiger partial charge is 0.391 e. The first-order valence-corrected chi connectivity index (χ1v) is 7.37. The number of amides is 1. The van der Waals surface area contributed by atoms with Crippen molar-refractivity contribution in [2.45, 2.75) is 39.7 Å². The summed E-state index contributed by atoms with van der Waals surface area (Å²) < 4.78 is 0. The third-order valence-electron chi connectivity index (χ3n) is 4.16. The molecule has 1 fully saturated rings. The molecular weight excluding hydrogens is 252 g/mol. The zero-order valence-electron chi connectivity index (χ0n) is 12.6. The highest BCUT2D eigenvalue weighted by molar-refractivity contribution is 5.95. The smallest absolute Gasteiger partial charge is 0.282 e. The summed E-state index contributed by atoms with van der Waals surface area (Å²) in [4.78, 5) is 13.7. The first-order valence-electron chi connectivity index (χ1n) is 7.37. The van der Waals surface area contributed by atoms with Crippen LogP contribution in [0.15, 0.2) is 12.1 Å². The first kappa shape index (κ1) is 15.0. The molecule has 1 aromatic carbocycles. The van der Waals surface area contributed by atoms with E-state index in [1.165, 1.54) is 10.5 Å². The summed E-state index contributed by atoms with van der Waals surface area (Å²) >= 11 is 0. The predicted molar refractivity (Wildman–Crippen MR) is 80.1 cm³/mol. The molecular formula is C16H25N2O2+. The summed E-state index contributed by atoms with van der Waals surface area (Å²) in [5, 5.41) is 12.2. The van der Waals surface area contributed by atoms with Crippen LogP contribution in [0.4, 0.5) is 5.69 Å². The molecule has 1 unspecified atom stereocenters. The molecule has 20 heavy (non-hydrogen) atoms. The van der Waals surface area contributed by atoms with E-state index in [1.807, 2.05) is 13.8 Å². The highest BCUT2D eigenvalue weighted by atomic mass is 16.3. The van der Waals surface area contributed by atoms with Crippen LogP contribution in [0.3, 0.4) is 0 Å². The fourth-order valence-corrected chi connectivity index (χ4v) is 3.26. The molecule has 1 saturated heterocycles. The van der Waals surface area contributed by atoms with E-state index in [0.717, 1.165) is 36.2 Å². The Bertz CT molecular complexity index is 476. The van der Waals surface area contributed by atoms with Gasteiger partial charge >= 0.3 is 0 Å². The molecule has 0 aliphatic carbocycles. The van der Waals surface area contributed by atoms with Gasteiger partial charge in [-0.25, -0.2) is 0 Å². The predicted octanol–water partition coefficient (Wildman–Crippen LogP) is 0.590. The third-order valence-corrected chi connectivity index (χ3v) is 4.16. The van der Waals surface area contributed by atoms with Crippen LogP contribution < -0.4 is 10.2 Å². The average Bonchev–Trinajstić information content (AvgIpc) is 2.82. The Balaban J connectivity index is 2.12. The van der Waals surface area contributed by atoms with Gasteiger partial charge in [-0.15, -0.1) is 0 Å². The quantitative estimate of drug-likeness (QED) is 0.754. The Hall–Kier alpha value is -1.39. The molecule has 2 rings (SSSR count). The van der Waals surface area contributed by atoms with Crippen molar-refractivity contribution < 1.29 is 14.8 Å². The summed E-state index contributed by atoms with van der Waals surface area (Å²) in [7, 11) is 0. The van der Waals surface area contributed by atoms with Gasteiger partial charge in [0.25, 0.3) is 5.91 Å². The molecule has 2 atom stereocenters. The van der Waals surface area contributed by atoms with E-state index in [9.17, 15) is 4.79 Å². The van der Waals surface area contributed by atoms with Gasteiger partial charge in [0.05, 0.1) is 13.2 Å². The van der Waals surface area contributed by atoms with Gasteiger partial charge < -0.3 is 15.3 Å². The first-order chi connectivity index (χ1) is 9.52. The molecule has 1 heterocycles. The van der Waals surface area contributed by atoms with Crippen molar-refractivity contribution in [3.8, 4) is 0 Å². The van der Waals surface area contributed by atoms with Gasteiger partial charge in [0.2, 0.25) is 0 Å². The fourth-order valence-electron chi connectivity index (χ4n) is 3.26. The zero-order valence-corrected chi connectivity index (χ0v) is 12.6. The lowest BCUT2D eigenvalue weighted by Crippen LogP contribution is -3.15. The monoisotopic (exact) mass is 277 g/mol. The highest BCUT2D eigenvalue weighted by Gasteiger charge is 2.34. The maximum absolute atomic E-state index is 12.5. The molecule has 1 aromatic rings. The summed E-state index contributed by atoms with van der Waals surface area (Å²) in [5.41, 5.74) is 4.37. The minimum Gasteiger partial charge on any atom is -0.391 e. The van der Waals surface area contributed by atoms with Crippen LogP contribution in [0.25, 0.3) is 0 Å². The van der Waals surface area contributed by atoms with Crippen LogP contribution in [0.2, 0.25) is 0 Å². The van der Waals surface area contributed by atoms with E-state index >= 15 is 0 Å². The molecule has 0 spiro atoms. The number of anilines is 1. The number of hydrogen-bond donors (Lipinski definition) is 3. The van der Waals surface area contributed by atoms with Crippen molar-refractivity contribution in [3.63, 3.8) is 0 Å². The van der Waals surface area contributed by atoms with E-state index in [0.29, 0.717) is 6.54 Å². The molecule has 0 aromatic heterocycles. The fraction of sp³-hybridized carbons (Fsp3) is 0.562. The molecule has 0 radical (unpaired) electrons. The van der Waals surface area contributed by atoms with Crippen molar-refractivity contribution in [1.82, 2.24) is 0 Å². The molecule has 1 amide bonds. The van der Waals surface area contributed by atoms with Gasteiger partial charge in [-0.05, 0) is 31.9 Å². The maximum Gasteiger partial charge on any atom is 0.282 e. The Morgan fingerprint density at radius 3 is 2.60 bits per heavy atom. The zero-order chi connectivity index (χ0) is 14.7. The van der Waals surface area contributed by atoms with E-state index < -0.39 is 0 Å². The number of aryl methyl sites for hydroxylation is 3. The van der Waals surface area contributed by atoms with E-state index in [1.54, 1.807) is 0 Å². The van der Waals surface area contributed by atoms with Gasteiger partial charge in [-0.1, -0.05) is 17.7 Å². The van der Waals surface area contributed by atoms with E-state index in [2.05, 4.69) is 24.4 Å². The number of quaternary nitrogens is 1.